The zero-order valence-electron chi connectivity index (χ0n) is 18.4. The third-order valence-electron chi connectivity index (χ3n) is 5.76. The highest BCUT2D eigenvalue weighted by atomic mass is 16.5. The molecule has 0 radical (unpaired) electrons. The molecule has 6 heteroatoms. The second kappa shape index (κ2) is 7.98. The van der Waals surface area contributed by atoms with Crippen LogP contribution < -0.4 is 14.2 Å². The predicted octanol–water partition coefficient (Wildman–Crippen LogP) is 5.33. The quantitative estimate of drug-likeness (QED) is 0.244. The zero-order chi connectivity index (χ0) is 23.1. The topological polar surface area (TPSA) is 66.8 Å². The van der Waals surface area contributed by atoms with Crippen molar-refractivity contribution in [3.63, 3.8) is 0 Å². The summed E-state index contributed by atoms with van der Waals surface area (Å²) < 4.78 is 18.7. The van der Waals surface area contributed by atoms with E-state index in [0.29, 0.717) is 33.9 Å². The van der Waals surface area contributed by atoms with Crippen molar-refractivity contribution < 1.29 is 23.8 Å². The Kier molecular flexibility index (Phi) is 4.98. The van der Waals surface area contributed by atoms with Gasteiger partial charge in [0.05, 0.1) is 18.2 Å². The monoisotopic (exact) mass is 439 g/mol. The van der Waals surface area contributed by atoms with Crippen molar-refractivity contribution in [1.29, 1.82) is 0 Å². The summed E-state index contributed by atoms with van der Waals surface area (Å²) in [6.07, 6.45) is 3.72. The molecule has 0 amide bonds. The number of esters is 1. The van der Waals surface area contributed by atoms with Gasteiger partial charge in [0.1, 0.15) is 17.2 Å². The fourth-order valence-corrected chi connectivity index (χ4v) is 4.02. The van der Waals surface area contributed by atoms with Crippen molar-refractivity contribution in [2.45, 2.75) is 6.92 Å². The van der Waals surface area contributed by atoms with Gasteiger partial charge < -0.3 is 18.8 Å². The van der Waals surface area contributed by atoms with Crippen LogP contribution in [0.2, 0.25) is 0 Å². The Bertz CT molecular complexity index is 1460. The number of methoxy groups -OCH3 is 1. The number of hydrogen-bond acceptors (Lipinski definition) is 5. The summed E-state index contributed by atoms with van der Waals surface area (Å²) >= 11 is 0. The third kappa shape index (κ3) is 3.55. The van der Waals surface area contributed by atoms with Gasteiger partial charge in [0.2, 0.25) is 5.78 Å². The Morgan fingerprint density at radius 2 is 1.88 bits per heavy atom. The third-order valence-corrected chi connectivity index (χ3v) is 5.76. The molecule has 1 aliphatic rings. The lowest BCUT2D eigenvalue weighted by Gasteiger charge is -2.10. The summed E-state index contributed by atoms with van der Waals surface area (Å²) in [5.41, 5.74) is 3.35. The van der Waals surface area contributed by atoms with Gasteiger partial charge in [-0.2, -0.15) is 0 Å². The number of nitrogens with zero attached hydrogens (tertiary/aromatic N) is 1. The van der Waals surface area contributed by atoms with Crippen molar-refractivity contribution >= 4 is 28.7 Å². The number of allylic oxidation sites excluding steroid dienone is 1. The lowest BCUT2D eigenvalue weighted by atomic mass is 10.1. The molecule has 0 atom stereocenters. The molecule has 0 fully saturated rings. The maximum atomic E-state index is 13.0. The number of ketones is 1. The predicted molar refractivity (Wildman–Crippen MR) is 125 cm³/mol. The van der Waals surface area contributed by atoms with E-state index in [1.807, 2.05) is 42.1 Å². The van der Waals surface area contributed by atoms with E-state index in [1.165, 1.54) is 7.11 Å². The number of aromatic nitrogens is 1. The Balaban J connectivity index is 1.45. The fraction of sp³-hybridized carbons (Fsp3) is 0.111. The van der Waals surface area contributed by atoms with E-state index in [-0.39, 0.29) is 11.5 Å². The van der Waals surface area contributed by atoms with Gasteiger partial charge in [0, 0.05) is 35.3 Å². The first-order chi connectivity index (χ1) is 16.0. The number of benzene rings is 3. The van der Waals surface area contributed by atoms with E-state index in [9.17, 15) is 9.59 Å². The molecule has 0 saturated heterocycles. The Hall–Kier alpha value is -4.32. The van der Waals surface area contributed by atoms with Crippen LogP contribution in [0.3, 0.4) is 0 Å². The van der Waals surface area contributed by atoms with Crippen LogP contribution in [-0.2, 0) is 7.05 Å². The molecule has 4 aromatic rings. The Morgan fingerprint density at radius 1 is 1.06 bits per heavy atom. The van der Waals surface area contributed by atoms with Crippen LogP contribution in [0.5, 0.6) is 17.2 Å². The van der Waals surface area contributed by atoms with Crippen LogP contribution in [0.15, 0.2) is 72.6 Å². The molecular formula is C27H21NO5. The minimum Gasteiger partial charge on any atom is -0.497 e. The van der Waals surface area contributed by atoms with Gasteiger partial charge in [0.25, 0.3) is 0 Å². The van der Waals surface area contributed by atoms with Crippen LogP contribution in [0.25, 0.3) is 17.0 Å². The minimum atomic E-state index is -0.521. The van der Waals surface area contributed by atoms with Crippen molar-refractivity contribution in [1.82, 2.24) is 4.57 Å². The molecular weight excluding hydrogens is 418 g/mol. The molecule has 6 nitrogen and oxygen atoms in total. The summed E-state index contributed by atoms with van der Waals surface area (Å²) in [7, 11) is 3.50. The Labute approximate surface area is 190 Å². The first-order valence-electron chi connectivity index (χ1n) is 10.4. The van der Waals surface area contributed by atoms with Crippen LogP contribution in [0.4, 0.5) is 0 Å². The second-order valence-electron chi connectivity index (χ2n) is 7.84. The molecule has 0 aliphatic carbocycles. The summed E-state index contributed by atoms with van der Waals surface area (Å²) in [6, 6.07) is 17.9. The first kappa shape index (κ1) is 20.6. The number of hydrogen-bond donors (Lipinski definition) is 0. The minimum absolute atomic E-state index is 0.202. The SMILES string of the molecule is COc1cccc(C(=O)Oc2ccc3c(c2C)O/C(=C/c2cn(C)c4ccccc24)C3=O)c1. The van der Waals surface area contributed by atoms with Gasteiger partial charge in [-0.25, -0.2) is 4.79 Å². The molecule has 0 bridgehead atoms. The number of para-hydroxylation sites is 1. The first-order valence-corrected chi connectivity index (χ1v) is 10.4. The van der Waals surface area contributed by atoms with E-state index in [4.69, 9.17) is 14.2 Å². The van der Waals surface area contributed by atoms with Crippen LogP contribution in [0.1, 0.15) is 31.8 Å². The van der Waals surface area contributed by atoms with Gasteiger partial charge >= 0.3 is 5.97 Å². The molecule has 164 valence electrons. The van der Waals surface area contributed by atoms with Crippen LogP contribution >= 0.6 is 0 Å². The molecule has 1 aliphatic heterocycles. The van der Waals surface area contributed by atoms with E-state index < -0.39 is 5.97 Å². The van der Waals surface area contributed by atoms with Gasteiger partial charge in [-0.3, -0.25) is 4.79 Å². The highest BCUT2D eigenvalue weighted by Gasteiger charge is 2.31. The van der Waals surface area contributed by atoms with E-state index in [0.717, 1.165) is 16.5 Å². The summed E-state index contributed by atoms with van der Waals surface area (Å²) in [4.78, 5) is 25.6. The molecule has 1 aromatic heterocycles. The number of Topliss-reactive ketones (excluding diaryl/α,β-unsaturated/α-hetero) is 1. The van der Waals surface area contributed by atoms with Gasteiger partial charge in [-0.15, -0.1) is 0 Å². The highest BCUT2D eigenvalue weighted by Crippen LogP contribution is 2.40. The van der Waals surface area contributed by atoms with Crippen molar-refractivity contribution in [3.05, 3.63) is 94.9 Å². The maximum absolute atomic E-state index is 13.0. The average Bonchev–Trinajstić information content (AvgIpc) is 3.33. The molecule has 0 N–H and O–H groups in total. The second-order valence-corrected chi connectivity index (χ2v) is 7.84. The van der Waals surface area contributed by atoms with Gasteiger partial charge in [0.15, 0.2) is 5.76 Å². The lowest BCUT2D eigenvalue weighted by Crippen LogP contribution is -2.09. The molecule has 2 heterocycles. The standard InChI is InChI=1S/C27H21NO5/c1-16-23(33-27(30)17-7-6-8-19(13-17)31-3)12-11-21-25(29)24(32-26(16)21)14-18-15-28(2)22-10-5-4-9-20(18)22/h4-15H,1-3H3/b24-14+. The number of carbonyl (C=O) groups excluding carboxylic acids is 2. The molecule has 33 heavy (non-hydrogen) atoms. The highest BCUT2D eigenvalue weighted by molar-refractivity contribution is 6.15. The largest absolute Gasteiger partial charge is 0.497 e. The zero-order valence-corrected chi connectivity index (χ0v) is 18.4. The number of carbonyl (C=O) groups is 2. The fourth-order valence-electron chi connectivity index (χ4n) is 4.02. The number of fused-ring (bicyclic) bond motifs is 2. The Morgan fingerprint density at radius 3 is 2.70 bits per heavy atom. The lowest BCUT2D eigenvalue weighted by molar-refractivity contribution is 0.0732. The number of aryl methyl sites for hydroxylation is 1. The van der Waals surface area contributed by atoms with Gasteiger partial charge in [-0.1, -0.05) is 24.3 Å². The molecule has 3 aromatic carbocycles. The number of rotatable bonds is 4. The van der Waals surface area contributed by atoms with Crippen molar-refractivity contribution in [2.24, 2.45) is 7.05 Å². The summed E-state index contributed by atoms with van der Waals surface area (Å²) in [5, 5.41) is 1.03. The van der Waals surface area contributed by atoms with Crippen LogP contribution in [-0.4, -0.2) is 23.4 Å². The van der Waals surface area contributed by atoms with Gasteiger partial charge in [-0.05, 0) is 49.4 Å². The van der Waals surface area contributed by atoms with Crippen molar-refractivity contribution in [3.8, 4) is 17.2 Å². The normalized spacial score (nSPS) is 13.8. The van der Waals surface area contributed by atoms with E-state index >= 15 is 0 Å². The van der Waals surface area contributed by atoms with E-state index in [2.05, 4.69) is 0 Å². The van der Waals surface area contributed by atoms with E-state index in [1.54, 1.807) is 49.4 Å². The maximum Gasteiger partial charge on any atom is 0.343 e. The average molecular weight is 439 g/mol. The molecule has 0 unspecified atom stereocenters. The smallest absolute Gasteiger partial charge is 0.343 e. The number of ether oxygens (including phenoxy) is 3. The summed E-state index contributed by atoms with van der Waals surface area (Å²) in [5.74, 6) is 0.815. The van der Waals surface area contributed by atoms with Crippen LogP contribution in [0, 0.1) is 6.92 Å². The summed E-state index contributed by atoms with van der Waals surface area (Å²) in [6.45, 7) is 1.77. The van der Waals surface area contributed by atoms with Crippen molar-refractivity contribution in [2.75, 3.05) is 7.11 Å². The molecule has 0 saturated carbocycles. The molecule has 5 rings (SSSR count). The molecule has 0 spiro atoms.